The van der Waals surface area contributed by atoms with Crippen molar-refractivity contribution in [3.63, 3.8) is 0 Å². The van der Waals surface area contributed by atoms with Gasteiger partial charge in [0, 0.05) is 13.2 Å². The molecule has 3 rings (SSSR count). The lowest BCUT2D eigenvalue weighted by molar-refractivity contribution is 0.744. The van der Waals surface area contributed by atoms with Gasteiger partial charge >= 0.3 is 0 Å². The second-order valence-electron chi connectivity index (χ2n) is 5.43. The highest BCUT2D eigenvalue weighted by atomic mass is 35.5. The van der Waals surface area contributed by atoms with E-state index in [1.807, 2.05) is 31.4 Å². The average Bonchev–Trinajstić information content (AvgIpc) is 3.01. The Labute approximate surface area is 145 Å². The molecule has 0 fully saturated rings. The van der Waals surface area contributed by atoms with Crippen LogP contribution in [0.2, 0.25) is 5.02 Å². The van der Waals surface area contributed by atoms with Gasteiger partial charge in [-0.2, -0.15) is 10.1 Å². The van der Waals surface area contributed by atoms with Gasteiger partial charge in [-0.1, -0.05) is 48.9 Å². The predicted octanol–water partition coefficient (Wildman–Crippen LogP) is 4.17. The van der Waals surface area contributed by atoms with Crippen molar-refractivity contribution >= 4 is 29.1 Å². The molecule has 1 unspecified atom stereocenters. The first kappa shape index (κ1) is 16.3. The molecule has 0 aliphatic carbocycles. The van der Waals surface area contributed by atoms with Crippen molar-refractivity contribution in [1.29, 1.82) is 0 Å². The van der Waals surface area contributed by atoms with Gasteiger partial charge in [-0.25, -0.2) is 4.98 Å². The Hall–Kier alpha value is -2.60. The minimum Gasteiger partial charge on any atom is -0.362 e. The molecule has 24 heavy (non-hydrogen) atoms. The van der Waals surface area contributed by atoms with Gasteiger partial charge in [-0.05, 0) is 12.0 Å². The van der Waals surface area contributed by atoms with Crippen LogP contribution in [0, 0.1) is 0 Å². The lowest BCUT2D eigenvalue weighted by Crippen LogP contribution is -2.12. The van der Waals surface area contributed by atoms with Crippen LogP contribution in [0.15, 0.2) is 48.9 Å². The van der Waals surface area contributed by atoms with Crippen LogP contribution in [-0.4, -0.2) is 19.7 Å². The Morgan fingerprint density at radius 1 is 1.21 bits per heavy atom. The molecule has 6 nitrogen and oxygen atoms in total. The molecule has 2 aromatic heterocycles. The lowest BCUT2D eigenvalue weighted by Gasteiger charge is -2.19. The highest BCUT2D eigenvalue weighted by molar-refractivity contribution is 6.32. The zero-order chi connectivity index (χ0) is 16.9. The molecule has 2 N–H and O–H groups in total. The number of anilines is 3. The molecule has 0 amide bonds. The Morgan fingerprint density at radius 3 is 2.67 bits per heavy atom. The average molecular weight is 343 g/mol. The molecule has 0 spiro atoms. The van der Waals surface area contributed by atoms with Gasteiger partial charge in [0.2, 0.25) is 5.95 Å². The van der Waals surface area contributed by atoms with Crippen molar-refractivity contribution in [2.24, 2.45) is 7.05 Å². The van der Waals surface area contributed by atoms with Crippen LogP contribution < -0.4 is 10.6 Å². The zero-order valence-electron chi connectivity index (χ0n) is 13.6. The minimum atomic E-state index is 0.129. The number of aryl methyl sites for hydroxylation is 1. The number of benzene rings is 1. The summed E-state index contributed by atoms with van der Waals surface area (Å²) in [5.41, 5.74) is 2.01. The number of nitrogens with one attached hydrogen (secondary N) is 2. The fourth-order valence-corrected chi connectivity index (χ4v) is 2.56. The molecule has 0 aliphatic rings. The number of halogens is 1. The third-order valence-electron chi connectivity index (χ3n) is 3.63. The second-order valence-corrected chi connectivity index (χ2v) is 5.84. The summed E-state index contributed by atoms with van der Waals surface area (Å²) in [4.78, 5) is 8.71. The highest BCUT2D eigenvalue weighted by Gasteiger charge is 2.13. The van der Waals surface area contributed by atoms with E-state index < -0.39 is 0 Å². The summed E-state index contributed by atoms with van der Waals surface area (Å²) in [5, 5.41) is 11.1. The second kappa shape index (κ2) is 7.31. The molecule has 0 saturated heterocycles. The molecule has 0 bridgehead atoms. The number of hydrogen-bond donors (Lipinski definition) is 2. The summed E-state index contributed by atoms with van der Waals surface area (Å²) >= 11 is 6.26. The number of aromatic nitrogens is 4. The summed E-state index contributed by atoms with van der Waals surface area (Å²) in [6, 6.07) is 10.4. The highest BCUT2D eigenvalue weighted by Crippen LogP contribution is 2.27. The van der Waals surface area contributed by atoms with Gasteiger partial charge in [-0.3, -0.25) is 4.68 Å². The smallest absolute Gasteiger partial charge is 0.229 e. The van der Waals surface area contributed by atoms with Crippen molar-refractivity contribution in [2.75, 3.05) is 10.6 Å². The van der Waals surface area contributed by atoms with Crippen LogP contribution in [0.3, 0.4) is 0 Å². The number of nitrogens with zero attached hydrogens (tertiary/aromatic N) is 4. The molecule has 0 aliphatic heterocycles. The van der Waals surface area contributed by atoms with Crippen LogP contribution >= 0.6 is 11.6 Å². The maximum atomic E-state index is 6.26. The van der Waals surface area contributed by atoms with E-state index in [0.29, 0.717) is 16.8 Å². The molecule has 3 aromatic rings. The lowest BCUT2D eigenvalue weighted by atomic mass is 10.0. The van der Waals surface area contributed by atoms with Crippen LogP contribution in [-0.2, 0) is 7.05 Å². The van der Waals surface area contributed by atoms with E-state index in [4.69, 9.17) is 11.6 Å². The summed E-state index contributed by atoms with van der Waals surface area (Å²) in [6.45, 7) is 2.12. The van der Waals surface area contributed by atoms with Crippen molar-refractivity contribution in [2.45, 2.75) is 19.4 Å². The van der Waals surface area contributed by atoms with Gasteiger partial charge in [0.15, 0.2) is 5.82 Å². The fraction of sp³-hybridized carbons (Fsp3) is 0.235. The molecular weight excluding hydrogens is 324 g/mol. The first-order valence-corrected chi connectivity index (χ1v) is 8.13. The predicted molar refractivity (Wildman–Crippen MR) is 96.6 cm³/mol. The van der Waals surface area contributed by atoms with Crippen LogP contribution in [0.25, 0.3) is 0 Å². The molecule has 124 valence electrons. The van der Waals surface area contributed by atoms with E-state index in [1.165, 1.54) is 5.56 Å². The summed E-state index contributed by atoms with van der Waals surface area (Å²) in [7, 11) is 1.85. The summed E-state index contributed by atoms with van der Waals surface area (Å²) in [5.74, 6) is 1.08. The molecule has 0 saturated carbocycles. The first-order valence-electron chi connectivity index (χ1n) is 7.75. The van der Waals surface area contributed by atoms with E-state index in [1.54, 1.807) is 17.1 Å². The summed E-state index contributed by atoms with van der Waals surface area (Å²) in [6.07, 6.45) is 6.07. The molecule has 1 aromatic carbocycles. The molecule has 7 heteroatoms. The van der Waals surface area contributed by atoms with Crippen molar-refractivity contribution in [3.05, 3.63) is 59.5 Å². The van der Waals surface area contributed by atoms with E-state index in [2.05, 4.69) is 44.8 Å². The Kier molecular flexibility index (Phi) is 4.96. The van der Waals surface area contributed by atoms with E-state index in [0.717, 1.165) is 12.1 Å². The third-order valence-corrected chi connectivity index (χ3v) is 3.90. The molecule has 2 heterocycles. The fourth-order valence-electron chi connectivity index (χ4n) is 2.41. The Balaban J connectivity index is 1.80. The normalized spacial score (nSPS) is 12.0. The molecular formula is C17H19ClN6. The van der Waals surface area contributed by atoms with Gasteiger partial charge in [0.05, 0.1) is 24.1 Å². The van der Waals surface area contributed by atoms with E-state index >= 15 is 0 Å². The maximum absolute atomic E-state index is 6.26. The van der Waals surface area contributed by atoms with E-state index in [-0.39, 0.29) is 6.04 Å². The monoisotopic (exact) mass is 342 g/mol. The van der Waals surface area contributed by atoms with Gasteiger partial charge in [0.25, 0.3) is 0 Å². The van der Waals surface area contributed by atoms with Crippen molar-refractivity contribution in [1.82, 2.24) is 19.7 Å². The largest absolute Gasteiger partial charge is 0.362 e. The van der Waals surface area contributed by atoms with Gasteiger partial charge < -0.3 is 10.6 Å². The number of hydrogen-bond acceptors (Lipinski definition) is 5. The minimum absolute atomic E-state index is 0.129. The summed E-state index contributed by atoms with van der Waals surface area (Å²) < 4.78 is 1.71. The topological polar surface area (TPSA) is 67.7 Å². The zero-order valence-corrected chi connectivity index (χ0v) is 14.3. The Bertz CT molecular complexity index is 802. The van der Waals surface area contributed by atoms with Crippen molar-refractivity contribution in [3.8, 4) is 0 Å². The first-order chi connectivity index (χ1) is 11.7. The quantitative estimate of drug-likeness (QED) is 0.703. The van der Waals surface area contributed by atoms with E-state index in [9.17, 15) is 0 Å². The molecule has 1 atom stereocenters. The maximum Gasteiger partial charge on any atom is 0.229 e. The van der Waals surface area contributed by atoms with Crippen LogP contribution in [0.1, 0.15) is 24.9 Å². The SMILES string of the molecule is CCC(Nc1nc(Nc2cnn(C)c2)ncc1Cl)c1ccccc1. The standard InChI is InChI=1S/C17H19ClN6/c1-3-15(12-7-5-4-6-8-12)22-16-14(18)10-19-17(23-16)21-13-9-20-24(2)11-13/h4-11,15H,3H2,1-2H3,(H2,19,21,22,23). The number of rotatable bonds is 6. The third kappa shape index (κ3) is 3.83. The van der Waals surface area contributed by atoms with Gasteiger partial charge in [0.1, 0.15) is 5.02 Å². The Morgan fingerprint density at radius 2 is 2.00 bits per heavy atom. The van der Waals surface area contributed by atoms with Crippen molar-refractivity contribution < 1.29 is 0 Å². The van der Waals surface area contributed by atoms with Crippen LogP contribution in [0.4, 0.5) is 17.5 Å². The molecule has 0 radical (unpaired) electrons. The van der Waals surface area contributed by atoms with Crippen LogP contribution in [0.5, 0.6) is 0 Å². The van der Waals surface area contributed by atoms with Gasteiger partial charge in [-0.15, -0.1) is 0 Å².